The van der Waals surface area contributed by atoms with Gasteiger partial charge in [-0.05, 0) is 91.5 Å². The van der Waals surface area contributed by atoms with Crippen molar-refractivity contribution in [2.45, 2.75) is 63.2 Å². The van der Waals surface area contributed by atoms with E-state index in [4.69, 9.17) is 10.2 Å². The summed E-state index contributed by atoms with van der Waals surface area (Å²) in [5.41, 5.74) is 3.85. The highest BCUT2D eigenvalue weighted by Crippen LogP contribution is 2.46. The number of carboxylic acids is 2. The van der Waals surface area contributed by atoms with E-state index in [1.54, 1.807) is 4.90 Å². The van der Waals surface area contributed by atoms with Crippen LogP contribution >= 0.6 is 0 Å². The number of sulfone groups is 1. The van der Waals surface area contributed by atoms with Gasteiger partial charge in [-0.2, -0.15) is 0 Å². The van der Waals surface area contributed by atoms with Gasteiger partial charge in [-0.1, -0.05) is 48.5 Å². The summed E-state index contributed by atoms with van der Waals surface area (Å²) in [7, 11) is -3.30. The number of carboxylic acid groups (broad SMARTS) is 2. The lowest BCUT2D eigenvalue weighted by Crippen LogP contribution is -2.55. The molecule has 4 rings (SSSR count). The normalized spacial score (nSPS) is 17.7. The monoisotopic (exact) mass is 669 g/mol. The van der Waals surface area contributed by atoms with Crippen molar-refractivity contribution in [1.29, 1.82) is 0 Å². The quantitative estimate of drug-likeness (QED) is 0.120. The molecule has 1 unspecified atom stereocenters. The van der Waals surface area contributed by atoms with Gasteiger partial charge in [0.1, 0.15) is 15.7 Å². The van der Waals surface area contributed by atoms with Crippen LogP contribution in [-0.4, -0.2) is 64.8 Å². The van der Waals surface area contributed by atoms with Crippen molar-refractivity contribution in [3.05, 3.63) is 101 Å². The molecule has 0 radical (unpaired) electrons. The fourth-order valence-electron chi connectivity index (χ4n) is 6.02. The third-order valence-electron chi connectivity index (χ3n) is 8.57. The van der Waals surface area contributed by atoms with Crippen LogP contribution in [0.25, 0.3) is 0 Å². The van der Waals surface area contributed by atoms with Crippen molar-refractivity contribution < 1.29 is 47.6 Å². The molecule has 47 heavy (non-hydrogen) atoms. The van der Waals surface area contributed by atoms with Gasteiger partial charge < -0.3 is 25.3 Å². The minimum atomic E-state index is -3.30. The minimum Gasteiger partial charge on any atom is -0.481 e. The van der Waals surface area contributed by atoms with Gasteiger partial charge in [0.25, 0.3) is 0 Å². The molecule has 3 aromatic carbocycles. The third-order valence-corrected chi connectivity index (χ3v) is 9.56. The molecule has 1 aliphatic heterocycles. The van der Waals surface area contributed by atoms with Crippen LogP contribution in [0.4, 0.5) is 10.1 Å². The SMILES string of the molecule is CS(=O)(=O)CC(O)CCc1ccc(N2C(=O)[C@H](CC[C@H](O)c3ccc(F)cc3)[C@H]2c2ccc(CCCC(C(=O)O)C(=O)O)cc2)cc1. The Morgan fingerprint density at radius 2 is 1.40 bits per heavy atom. The number of aryl methyl sites for hydroxylation is 2. The number of aliphatic hydroxyl groups excluding tert-OH is 2. The first kappa shape index (κ1) is 35.7. The molecule has 1 aliphatic rings. The van der Waals surface area contributed by atoms with Crippen molar-refractivity contribution in [2.24, 2.45) is 11.8 Å². The van der Waals surface area contributed by atoms with E-state index in [1.165, 1.54) is 24.3 Å². The van der Waals surface area contributed by atoms with Crippen LogP contribution in [0.15, 0.2) is 72.8 Å². The number of aliphatic hydroxyl groups is 2. The zero-order valence-electron chi connectivity index (χ0n) is 26.0. The molecule has 1 amide bonds. The Balaban J connectivity index is 1.48. The fourth-order valence-corrected chi connectivity index (χ4v) is 6.89. The Kier molecular flexibility index (Phi) is 11.9. The summed E-state index contributed by atoms with van der Waals surface area (Å²) in [6.45, 7) is 0. The van der Waals surface area contributed by atoms with Crippen LogP contribution in [0.5, 0.6) is 0 Å². The molecule has 0 bridgehead atoms. The third kappa shape index (κ3) is 9.69. The lowest BCUT2D eigenvalue weighted by molar-refractivity contribution is -0.154. The highest BCUT2D eigenvalue weighted by Gasteiger charge is 2.48. The highest BCUT2D eigenvalue weighted by molar-refractivity contribution is 7.90. The molecule has 252 valence electrons. The number of nitrogens with zero attached hydrogens (tertiary/aromatic N) is 1. The fraction of sp³-hybridized carbons (Fsp3) is 0.400. The van der Waals surface area contributed by atoms with Crippen molar-refractivity contribution in [3.63, 3.8) is 0 Å². The first-order valence-electron chi connectivity index (χ1n) is 15.5. The van der Waals surface area contributed by atoms with Gasteiger partial charge in [0, 0.05) is 11.9 Å². The lowest BCUT2D eigenvalue weighted by Gasteiger charge is -2.48. The summed E-state index contributed by atoms with van der Waals surface area (Å²) in [5.74, 6) is -5.46. The summed E-state index contributed by atoms with van der Waals surface area (Å²) in [5, 5.41) is 39.0. The first-order chi connectivity index (χ1) is 22.2. The van der Waals surface area contributed by atoms with E-state index in [0.29, 0.717) is 36.9 Å². The largest absolute Gasteiger partial charge is 0.481 e. The molecule has 3 aromatic rings. The second-order valence-electron chi connectivity index (χ2n) is 12.2. The van der Waals surface area contributed by atoms with Crippen molar-refractivity contribution in [3.8, 4) is 0 Å². The molecule has 10 nitrogen and oxygen atoms in total. The van der Waals surface area contributed by atoms with E-state index in [-0.39, 0.29) is 37.0 Å². The van der Waals surface area contributed by atoms with Crippen LogP contribution in [0, 0.1) is 17.7 Å². The highest BCUT2D eigenvalue weighted by atomic mass is 32.2. The van der Waals surface area contributed by atoms with Gasteiger partial charge in [0.05, 0.1) is 29.9 Å². The molecule has 12 heteroatoms. The van der Waals surface area contributed by atoms with E-state index in [2.05, 4.69) is 0 Å². The van der Waals surface area contributed by atoms with Crippen molar-refractivity contribution in [1.82, 2.24) is 0 Å². The predicted molar refractivity (Wildman–Crippen MR) is 173 cm³/mol. The zero-order valence-corrected chi connectivity index (χ0v) is 26.9. The molecular formula is C35H40FNO9S. The van der Waals surface area contributed by atoms with Crippen LogP contribution in [0.1, 0.15) is 66.5 Å². The Labute approximate surface area is 273 Å². The Morgan fingerprint density at radius 1 is 0.830 bits per heavy atom. The van der Waals surface area contributed by atoms with Crippen molar-refractivity contribution in [2.75, 3.05) is 16.9 Å². The second kappa shape index (κ2) is 15.6. The van der Waals surface area contributed by atoms with E-state index < -0.39 is 51.6 Å². The molecule has 4 atom stereocenters. The number of β-lactam (4-membered cyclic amide) rings is 1. The average Bonchev–Trinajstić information content (AvgIpc) is 3.01. The molecule has 1 saturated heterocycles. The zero-order chi connectivity index (χ0) is 34.3. The van der Waals surface area contributed by atoms with Crippen molar-refractivity contribution >= 4 is 33.4 Å². The van der Waals surface area contributed by atoms with Gasteiger partial charge in [0.15, 0.2) is 5.92 Å². The average molecular weight is 670 g/mol. The van der Waals surface area contributed by atoms with Crippen LogP contribution in [-0.2, 0) is 37.1 Å². The lowest BCUT2D eigenvalue weighted by atomic mass is 9.78. The summed E-state index contributed by atoms with van der Waals surface area (Å²) in [4.78, 5) is 37.6. The number of rotatable bonds is 17. The summed E-state index contributed by atoms with van der Waals surface area (Å²) in [6, 6.07) is 20.1. The molecule has 1 heterocycles. The Bertz CT molecular complexity index is 1630. The molecule has 0 aliphatic carbocycles. The number of anilines is 1. The molecule has 0 saturated carbocycles. The number of aliphatic carboxylic acids is 2. The second-order valence-corrected chi connectivity index (χ2v) is 14.4. The molecule has 0 aromatic heterocycles. The van der Waals surface area contributed by atoms with E-state index in [0.717, 1.165) is 22.9 Å². The van der Waals surface area contributed by atoms with E-state index in [9.17, 15) is 37.4 Å². The number of halogens is 1. The maximum absolute atomic E-state index is 13.6. The molecule has 1 fully saturated rings. The standard InChI is InChI=1S/C35H40FNO9S/c1-47(45,46)21-28(38)18-9-23-7-16-27(17-8-23)37-32(29(33(37)40)19-20-31(39)24-12-14-26(36)15-13-24)25-10-5-22(6-11-25)3-2-4-30(34(41)42)35(43)44/h5-8,10-17,28-32,38-39H,2-4,9,18-21H2,1H3,(H,41,42)(H,43,44)/t28?,29-,31+,32-/m1/s1. The maximum Gasteiger partial charge on any atom is 0.317 e. The minimum absolute atomic E-state index is 0.00242. The summed E-state index contributed by atoms with van der Waals surface area (Å²) < 4.78 is 36.3. The molecule has 0 spiro atoms. The van der Waals surface area contributed by atoms with Crippen LogP contribution in [0.3, 0.4) is 0 Å². The Hall–Kier alpha value is -4.13. The summed E-state index contributed by atoms with van der Waals surface area (Å²) >= 11 is 0. The Morgan fingerprint density at radius 3 is 1.98 bits per heavy atom. The number of benzene rings is 3. The van der Waals surface area contributed by atoms with Gasteiger partial charge in [-0.3, -0.25) is 14.4 Å². The first-order valence-corrected chi connectivity index (χ1v) is 17.6. The van der Waals surface area contributed by atoms with Crippen LogP contribution < -0.4 is 4.90 Å². The number of hydrogen-bond donors (Lipinski definition) is 4. The smallest absolute Gasteiger partial charge is 0.317 e. The van der Waals surface area contributed by atoms with Gasteiger partial charge in [-0.25, -0.2) is 12.8 Å². The molecule has 4 N–H and O–H groups in total. The summed E-state index contributed by atoms with van der Waals surface area (Å²) in [6.07, 6.45) is 1.48. The molecular weight excluding hydrogens is 629 g/mol. The van der Waals surface area contributed by atoms with Gasteiger partial charge in [-0.15, -0.1) is 0 Å². The van der Waals surface area contributed by atoms with Gasteiger partial charge >= 0.3 is 11.9 Å². The number of carbonyl (C=O) groups is 3. The predicted octanol–water partition coefficient (Wildman–Crippen LogP) is 4.49. The number of amides is 1. The van der Waals surface area contributed by atoms with E-state index in [1.807, 2.05) is 48.5 Å². The van der Waals surface area contributed by atoms with Gasteiger partial charge in [0.2, 0.25) is 5.91 Å². The maximum atomic E-state index is 13.6. The van der Waals surface area contributed by atoms with E-state index >= 15 is 0 Å². The number of carbonyl (C=O) groups excluding carboxylic acids is 1. The number of hydrogen-bond acceptors (Lipinski definition) is 7. The topological polar surface area (TPSA) is 170 Å². The van der Waals surface area contributed by atoms with Crippen LogP contribution in [0.2, 0.25) is 0 Å².